The number of para-hydroxylation sites is 1. The molecule has 7 nitrogen and oxygen atoms in total. The molecule has 2 aromatic heterocycles. The summed E-state index contributed by atoms with van der Waals surface area (Å²) in [5, 5.41) is 3.69. The fourth-order valence-electron chi connectivity index (χ4n) is 3.98. The number of aryl methyl sites for hydroxylation is 1. The number of rotatable bonds is 1. The van der Waals surface area contributed by atoms with Crippen LogP contribution < -0.4 is 20.2 Å². The van der Waals surface area contributed by atoms with Crippen LogP contribution in [0.25, 0.3) is 10.9 Å². The summed E-state index contributed by atoms with van der Waals surface area (Å²) in [7, 11) is -2.68. The normalized spacial score (nSPS) is 17.5. The summed E-state index contributed by atoms with van der Waals surface area (Å²) in [6.45, 7) is 1.65. The first-order chi connectivity index (χ1) is 15.7. The number of fused-ring (bicyclic) bond motifs is 5. The maximum atomic E-state index is 13.5. The standard InChI is InChI=1S/C22H20F3N4O3P/c1-13-18-15(11-17(27-13)33(30)9-2-3-10-33)20-26-12-14-5-4-6-16(22(23,24)25)19(14)31-7-8-32-21(28-18)29-20/h2-6,11H,7-10,12H2,1H3,(H,26,28,29). The molecule has 1 N–H and O–H groups in total. The third-order valence-corrected chi connectivity index (χ3v) is 8.28. The highest BCUT2D eigenvalue weighted by atomic mass is 31.2. The van der Waals surface area contributed by atoms with E-state index in [0.29, 0.717) is 45.7 Å². The lowest BCUT2D eigenvalue weighted by molar-refractivity contribution is -0.139. The highest BCUT2D eigenvalue weighted by Gasteiger charge is 2.35. The van der Waals surface area contributed by atoms with Gasteiger partial charge in [0.05, 0.1) is 11.3 Å². The predicted octanol–water partition coefficient (Wildman–Crippen LogP) is 4.29. The van der Waals surface area contributed by atoms with Crippen molar-refractivity contribution >= 4 is 29.3 Å². The minimum absolute atomic E-state index is 0.0285. The van der Waals surface area contributed by atoms with Crippen LogP contribution in [0.5, 0.6) is 11.8 Å². The van der Waals surface area contributed by atoms with Crippen molar-refractivity contribution in [1.29, 1.82) is 0 Å². The summed E-state index contributed by atoms with van der Waals surface area (Å²) in [4.78, 5) is 13.4. The van der Waals surface area contributed by atoms with Crippen LogP contribution in [-0.4, -0.2) is 40.5 Å². The van der Waals surface area contributed by atoms with Gasteiger partial charge in [-0.3, -0.25) is 0 Å². The molecular weight excluding hydrogens is 456 g/mol. The topological polar surface area (TPSA) is 86.2 Å². The van der Waals surface area contributed by atoms with Crippen molar-refractivity contribution < 1.29 is 27.2 Å². The van der Waals surface area contributed by atoms with Gasteiger partial charge in [-0.15, -0.1) is 0 Å². The fraction of sp³-hybridized carbons (Fsp3) is 0.318. The average molecular weight is 476 g/mol. The summed E-state index contributed by atoms with van der Waals surface area (Å²) < 4.78 is 65.0. The number of nitrogens with one attached hydrogen (secondary N) is 1. The zero-order valence-corrected chi connectivity index (χ0v) is 18.5. The Morgan fingerprint density at radius 2 is 1.82 bits per heavy atom. The molecule has 5 rings (SSSR count). The number of hydrogen-bond acceptors (Lipinski definition) is 7. The largest absolute Gasteiger partial charge is 0.489 e. The molecule has 0 atom stereocenters. The highest BCUT2D eigenvalue weighted by Crippen LogP contribution is 2.48. The number of nitrogens with zero attached hydrogens (tertiary/aromatic N) is 3. The number of alkyl halides is 3. The number of allylic oxidation sites excluding steroid dienone is 2. The van der Waals surface area contributed by atoms with Crippen LogP contribution in [0, 0.1) is 6.92 Å². The molecule has 0 saturated heterocycles. The summed E-state index contributed by atoms with van der Waals surface area (Å²) in [5.74, 6) is 0.124. The molecule has 172 valence electrons. The third kappa shape index (κ3) is 4.04. The molecule has 2 aliphatic heterocycles. The zero-order valence-electron chi connectivity index (χ0n) is 17.6. The van der Waals surface area contributed by atoms with Gasteiger partial charge < -0.3 is 19.4 Å². The van der Waals surface area contributed by atoms with Crippen molar-refractivity contribution in [1.82, 2.24) is 15.0 Å². The van der Waals surface area contributed by atoms with Crippen molar-refractivity contribution in [3.8, 4) is 11.8 Å². The molecule has 1 aromatic carbocycles. The zero-order chi connectivity index (χ0) is 23.2. The molecule has 33 heavy (non-hydrogen) atoms. The maximum Gasteiger partial charge on any atom is 0.419 e. The Bertz CT molecular complexity index is 1310. The van der Waals surface area contributed by atoms with E-state index in [9.17, 15) is 17.7 Å². The van der Waals surface area contributed by atoms with Gasteiger partial charge in [0.2, 0.25) is 0 Å². The van der Waals surface area contributed by atoms with Crippen LogP contribution in [0.3, 0.4) is 0 Å². The number of benzene rings is 1. The van der Waals surface area contributed by atoms with Crippen LogP contribution in [0.4, 0.5) is 19.0 Å². The molecule has 0 unspecified atom stereocenters. The van der Waals surface area contributed by atoms with Crippen LogP contribution in [0.2, 0.25) is 0 Å². The van der Waals surface area contributed by atoms with Gasteiger partial charge in [-0.25, -0.2) is 4.98 Å². The minimum Gasteiger partial charge on any atom is -0.489 e. The van der Waals surface area contributed by atoms with E-state index in [1.807, 2.05) is 12.2 Å². The lowest BCUT2D eigenvalue weighted by Gasteiger charge is -2.18. The van der Waals surface area contributed by atoms with Crippen LogP contribution in [0.1, 0.15) is 16.8 Å². The lowest BCUT2D eigenvalue weighted by atomic mass is 10.1. The van der Waals surface area contributed by atoms with Crippen LogP contribution in [0.15, 0.2) is 36.4 Å². The first-order valence-electron chi connectivity index (χ1n) is 10.4. The molecule has 2 bridgehead atoms. The van der Waals surface area contributed by atoms with Crippen molar-refractivity contribution in [2.45, 2.75) is 19.6 Å². The average Bonchev–Trinajstić information content (AvgIpc) is 3.21. The van der Waals surface area contributed by atoms with Crippen molar-refractivity contribution in [2.24, 2.45) is 0 Å². The summed E-state index contributed by atoms with van der Waals surface area (Å²) in [6, 6.07) is 5.68. The quantitative estimate of drug-likeness (QED) is 0.414. The maximum absolute atomic E-state index is 13.5. The lowest BCUT2D eigenvalue weighted by Crippen LogP contribution is -2.15. The molecule has 11 heteroatoms. The van der Waals surface area contributed by atoms with E-state index in [2.05, 4.69) is 20.3 Å². The van der Waals surface area contributed by atoms with Gasteiger partial charge in [-0.05, 0) is 19.1 Å². The smallest absolute Gasteiger partial charge is 0.419 e. The second-order valence-electron chi connectivity index (χ2n) is 7.88. The molecule has 0 radical (unpaired) electrons. The Labute approximate surface area is 187 Å². The van der Waals surface area contributed by atoms with E-state index in [1.165, 1.54) is 6.07 Å². The first kappa shape index (κ1) is 21.7. The molecule has 0 aliphatic carbocycles. The second-order valence-corrected chi connectivity index (χ2v) is 10.9. The monoisotopic (exact) mass is 476 g/mol. The van der Waals surface area contributed by atoms with E-state index in [4.69, 9.17) is 9.47 Å². The molecule has 3 aromatic rings. The van der Waals surface area contributed by atoms with Crippen molar-refractivity contribution in [3.63, 3.8) is 0 Å². The van der Waals surface area contributed by atoms with E-state index in [-0.39, 0.29) is 31.5 Å². The predicted molar refractivity (Wildman–Crippen MR) is 118 cm³/mol. The van der Waals surface area contributed by atoms with Gasteiger partial charge >= 0.3 is 12.2 Å². The highest BCUT2D eigenvalue weighted by molar-refractivity contribution is 7.72. The van der Waals surface area contributed by atoms with E-state index in [1.54, 1.807) is 19.1 Å². The van der Waals surface area contributed by atoms with E-state index >= 15 is 0 Å². The summed E-state index contributed by atoms with van der Waals surface area (Å²) in [5.41, 5.74) is 1.07. The molecule has 0 amide bonds. The SMILES string of the molecule is Cc1nc(P2(=O)CC=CC2)cc2c3nc(nc12)OCCOc1c(cccc1C(F)(F)F)CN3. The first-order valence-corrected chi connectivity index (χ1v) is 12.4. The Kier molecular flexibility index (Phi) is 5.28. The minimum atomic E-state index is -4.56. The molecular formula is C22H20F3N4O3P. The number of aromatic nitrogens is 3. The Morgan fingerprint density at radius 3 is 2.58 bits per heavy atom. The van der Waals surface area contributed by atoms with Gasteiger partial charge in [0.1, 0.15) is 42.9 Å². The number of hydrogen-bond donors (Lipinski definition) is 1. The fourth-order valence-corrected chi connectivity index (χ4v) is 6.18. The van der Waals surface area contributed by atoms with Crippen molar-refractivity contribution in [2.75, 3.05) is 30.9 Å². The van der Waals surface area contributed by atoms with Gasteiger partial charge in [0.15, 0.2) is 0 Å². The van der Waals surface area contributed by atoms with E-state index in [0.717, 1.165) is 6.07 Å². The number of ether oxygens (including phenoxy) is 2. The van der Waals surface area contributed by atoms with Crippen LogP contribution in [-0.2, 0) is 17.3 Å². The van der Waals surface area contributed by atoms with Gasteiger partial charge in [0, 0.05) is 29.8 Å². The molecule has 0 fully saturated rings. The number of pyridine rings is 1. The van der Waals surface area contributed by atoms with Gasteiger partial charge in [-0.1, -0.05) is 24.3 Å². The van der Waals surface area contributed by atoms with Gasteiger partial charge in [-0.2, -0.15) is 23.1 Å². The van der Waals surface area contributed by atoms with E-state index < -0.39 is 18.9 Å². The molecule has 0 spiro atoms. The number of halogens is 3. The summed E-state index contributed by atoms with van der Waals surface area (Å²) in [6.07, 6.45) is 0.107. The summed E-state index contributed by atoms with van der Waals surface area (Å²) >= 11 is 0. The molecule has 4 heterocycles. The van der Waals surface area contributed by atoms with Gasteiger partial charge in [0.25, 0.3) is 0 Å². The van der Waals surface area contributed by atoms with Crippen LogP contribution >= 0.6 is 7.14 Å². The molecule has 0 saturated carbocycles. The Morgan fingerprint density at radius 1 is 1.06 bits per heavy atom. The third-order valence-electron chi connectivity index (χ3n) is 5.62. The second kappa shape index (κ2) is 8.02. The Hall–Kier alpha value is -3.13. The number of anilines is 1. The molecule has 2 aliphatic rings. The van der Waals surface area contributed by atoms with Crippen molar-refractivity contribution in [3.05, 3.63) is 53.2 Å². The Balaban J connectivity index is 1.62.